The van der Waals surface area contributed by atoms with E-state index in [0.717, 1.165) is 11.0 Å². The Hall–Kier alpha value is -2.60. The van der Waals surface area contributed by atoms with E-state index in [2.05, 4.69) is 10.3 Å². The molecule has 1 saturated heterocycles. The van der Waals surface area contributed by atoms with Gasteiger partial charge in [0.2, 0.25) is 5.91 Å². The maximum Gasteiger partial charge on any atom is 0.224 e. The van der Waals surface area contributed by atoms with Gasteiger partial charge in [-0.05, 0) is 24.3 Å². The van der Waals surface area contributed by atoms with Crippen LogP contribution in [0.5, 0.6) is 5.75 Å². The molecular weight excluding hydrogens is 340 g/mol. The molecule has 0 atom stereocenters. The molecule has 1 aliphatic heterocycles. The number of carbonyl (C=O) groups is 1. The summed E-state index contributed by atoms with van der Waals surface area (Å²) in [5, 5.41) is 8.79. The molecule has 3 aromatic rings. The minimum atomic E-state index is -0.00366. The number of halogens is 1. The Kier molecular flexibility index (Phi) is 4.28. The van der Waals surface area contributed by atoms with E-state index in [1.165, 1.54) is 0 Å². The molecule has 0 N–H and O–H groups in total. The van der Waals surface area contributed by atoms with Gasteiger partial charge in [0, 0.05) is 6.42 Å². The molecule has 1 aliphatic rings. The molecule has 6 nitrogen and oxygen atoms in total. The normalized spacial score (nSPS) is 14.5. The Morgan fingerprint density at radius 3 is 2.76 bits per heavy atom. The predicted molar refractivity (Wildman–Crippen MR) is 94.6 cm³/mol. The van der Waals surface area contributed by atoms with E-state index in [4.69, 9.17) is 16.3 Å². The molecule has 0 spiro atoms. The van der Waals surface area contributed by atoms with Crippen molar-refractivity contribution in [2.75, 3.05) is 13.1 Å². The summed E-state index contributed by atoms with van der Waals surface area (Å²) in [6.07, 6.45) is 0.391. The van der Waals surface area contributed by atoms with Crippen molar-refractivity contribution in [3.63, 3.8) is 0 Å². The number of hydrogen-bond acceptors (Lipinski definition) is 4. The van der Waals surface area contributed by atoms with Crippen molar-refractivity contribution in [1.82, 2.24) is 19.9 Å². The molecule has 0 radical (unpaired) electrons. The summed E-state index contributed by atoms with van der Waals surface area (Å²) in [5.41, 5.74) is 1.78. The van der Waals surface area contributed by atoms with E-state index < -0.39 is 0 Å². The number of nitrogens with zero attached hydrogens (tertiary/aromatic N) is 4. The molecule has 4 rings (SSSR count). The van der Waals surface area contributed by atoms with Gasteiger partial charge in [-0.25, -0.2) is 4.68 Å². The third-order valence-electron chi connectivity index (χ3n) is 4.29. The van der Waals surface area contributed by atoms with Crippen molar-refractivity contribution in [3.8, 4) is 5.75 Å². The van der Waals surface area contributed by atoms with E-state index >= 15 is 0 Å². The second kappa shape index (κ2) is 6.72. The zero-order valence-corrected chi connectivity index (χ0v) is 14.3. The number of aryl methyl sites for hydroxylation is 1. The van der Waals surface area contributed by atoms with Gasteiger partial charge in [0.25, 0.3) is 0 Å². The van der Waals surface area contributed by atoms with Crippen molar-refractivity contribution >= 4 is 28.5 Å². The fourth-order valence-electron chi connectivity index (χ4n) is 2.88. The number of carbonyl (C=O) groups excluding carboxylic acids is 1. The Labute approximate surface area is 149 Å². The molecule has 2 aromatic carbocycles. The Morgan fingerprint density at radius 2 is 1.92 bits per heavy atom. The van der Waals surface area contributed by atoms with Crippen LogP contribution in [0, 0.1) is 0 Å². The Bertz CT molecular complexity index is 905. The lowest BCUT2D eigenvalue weighted by Crippen LogP contribution is -2.56. The van der Waals surface area contributed by atoms with E-state index in [-0.39, 0.29) is 12.0 Å². The summed E-state index contributed by atoms with van der Waals surface area (Å²) in [6.45, 7) is 1.69. The van der Waals surface area contributed by atoms with E-state index in [1.807, 2.05) is 42.5 Å². The summed E-state index contributed by atoms with van der Waals surface area (Å²) in [6, 6.07) is 15.1. The van der Waals surface area contributed by atoms with Gasteiger partial charge in [-0.1, -0.05) is 41.1 Å². The smallest absolute Gasteiger partial charge is 0.224 e. The van der Waals surface area contributed by atoms with Crippen LogP contribution in [0.2, 0.25) is 5.02 Å². The quantitative estimate of drug-likeness (QED) is 0.705. The predicted octanol–water partition coefficient (Wildman–Crippen LogP) is 2.76. The van der Waals surface area contributed by atoms with E-state index in [9.17, 15) is 4.79 Å². The van der Waals surface area contributed by atoms with Crippen LogP contribution in [0.1, 0.15) is 6.42 Å². The highest BCUT2D eigenvalue weighted by Gasteiger charge is 2.32. The number of rotatable bonds is 5. The maximum atomic E-state index is 12.3. The molecule has 1 fully saturated rings. The minimum absolute atomic E-state index is 0.00366. The van der Waals surface area contributed by atoms with Crippen LogP contribution in [0.3, 0.4) is 0 Å². The molecule has 0 bridgehead atoms. The third kappa shape index (κ3) is 3.30. The number of aromatic nitrogens is 3. The van der Waals surface area contributed by atoms with Gasteiger partial charge in [-0.3, -0.25) is 4.79 Å². The van der Waals surface area contributed by atoms with Gasteiger partial charge in [0.15, 0.2) is 0 Å². The number of hydrogen-bond donors (Lipinski definition) is 0. The van der Waals surface area contributed by atoms with Gasteiger partial charge < -0.3 is 9.64 Å². The number of benzene rings is 2. The second-order valence-corrected chi connectivity index (χ2v) is 6.43. The lowest BCUT2D eigenvalue weighted by molar-refractivity contribution is -0.140. The van der Waals surface area contributed by atoms with Crippen LogP contribution in [-0.4, -0.2) is 45.0 Å². The molecule has 2 heterocycles. The molecule has 0 saturated carbocycles. The largest absolute Gasteiger partial charge is 0.485 e. The minimum Gasteiger partial charge on any atom is -0.485 e. The first-order valence-electron chi connectivity index (χ1n) is 8.18. The SMILES string of the molecule is O=C(CCn1nnc2ccccc21)N1CC(Oc2ccccc2Cl)C1. The first kappa shape index (κ1) is 15.9. The molecular formula is C18H17ClN4O2. The highest BCUT2D eigenvalue weighted by atomic mass is 35.5. The van der Waals surface area contributed by atoms with Gasteiger partial charge in [-0.15, -0.1) is 5.10 Å². The maximum absolute atomic E-state index is 12.3. The van der Waals surface area contributed by atoms with Crippen molar-refractivity contribution in [1.29, 1.82) is 0 Å². The van der Waals surface area contributed by atoms with Gasteiger partial charge in [0.05, 0.1) is 30.2 Å². The van der Waals surface area contributed by atoms with Crippen LogP contribution in [0.15, 0.2) is 48.5 Å². The number of fused-ring (bicyclic) bond motifs is 1. The third-order valence-corrected chi connectivity index (χ3v) is 4.60. The lowest BCUT2D eigenvalue weighted by atomic mass is 10.1. The summed E-state index contributed by atoms with van der Waals surface area (Å²) >= 11 is 6.08. The molecule has 1 amide bonds. The van der Waals surface area contributed by atoms with Crippen LogP contribution in [0.4, 0.5) is 0 Å². The standard InChI is InChI=1S/C18H17ClN4O2/c19-14-5-1-4-8-17(14)25-13-11-22(12-13)18(24)9-10-23-16-7-3-2-6-15(16)20-21-23/h1-8,13H,9-12H2. The monoisotopic (exact) mass is 356 g/mol. The van der Waals surface area contributed by atoms with Crippen molar-refractivity contribution in [3.05, 3.63) is 53.6 Å². The van der Waals surface area contributed by atoms with Crippen molar-refractivity contribution < 1.29 is 9.53 Å². The van der Waals surface area contributed by atoms with Crippen molar-refractivity contribution in [2.45, 2.75) is 19.1 Å². The number of likely N-dealkylation sites (tertiary alicyclic amines) is 1. The van der Waals surface area contributed by atoms with Gasteiger partial charge in [-0.2, -0.15) is 0 Å². The lowest BCUT2D eigenvalue weighted by Gasteiger charge is -2.39. The van der Waals surface area contributed by atoms with Crippen LogP contribution in [0.25, 0.3) is 11.0 Å². The number of para-hydroxylation sites is 2. The molecule has 1 aromatic heterocycles. The van der Waals surface area contributed by atoms with Gasteiger partial charge in [0.1, 0.15) is 17.4 Å². The first-order valence-corrected chi connectivity index (χ1v) is 8.56. The molecule has 25 heavy (non-hydrogen) atoms. The second-order valence-electron chi connectivity index (χ2n) is 6.02. The van der Waals surface area contributed by atoms with E-state index in [1.54, 1.807) is 15.6 Å². The summed E-state index contributed by atoms with van der Waals surface area (Å²) in [7, 11) is 0. The molecule has 7 heteroatoms. The van der Waals surface area contributed by atoms with Crippen LogP contribution < -0.4 is 4.74 Å². The summed E-state index contributed by atoms with van der Waals surface area (Å²) in [5.74, 6) is 0.758. The fourth-order valence-corrected chi connectivity index (χ4v) is 3.06. The average Bonchev–Trinajstić information content (AvgIpc) is 3.00. The zero-order valence-electron chi connectivity index (χ0n) is 13.5. The average molecular weight is 357 g/mol. The molecule has 128 valence electrons. The van der Waals surface area contributed by atoms with Crippen LogP contribution >= 0.6 is 11.6 Å². The van der Waals surface area contributed by atoms with E-state index in [0.29, 0.717) is 36.8 Å². The van der Waals surface area contributed by atoms with Crippen LogP contribution in [-0.2, 0) is 11.3 Å². The summed E-state index contributed by atoms with van der Waals surface area (Å²) < 4.78 is 7.58. The number of ether oxygens (including phenoxy) is 1. The van der Waals surface area contributed by atoms with Gasteiger partial charge >= 0.3 is 0 Å². The highest BCUT2D eigenvalue weighted by molar-refractivity contribution is 6.32. The Balaban J connectivity index is 1.28. The summed E-state index contributed by atoms with van der Waals surface area (Å²) in [4.78, 5) is 14.1. The molecule has 0 unspecified atom stereocenters. The topological polar surface area (TPSA) is 60.2 Å². The Morgan fingerprint density at radius 1 is 1.16 bits per heavy atom. The number of amides is 1. The highest BCUT2D eigenvalue weighted by Crippen LogP contribution is 2.26. The first-order chi connectivity index (χ1) is 12.2. The molecule has 0 aliphatic carbocycles. The van der Waals surface area contributed by atoms with Crippen molar-refractivity contribution in [2.24, 2.45) is 0 Å². The zero-order chi connectivity index (χ0) is 17.2. The fraction of sp³-hybridized carbons (Fsp3) is 0.278.